The number of aromatic nitrogens is 2. The molecule has 1 N–H and O–H groups in total. The molecule has 1 aromatic heterocycles. The molecule has 144 valence electrons. The van der Waals surface area contributed by atoms with Crippen molar-refractivity contribution < 1.29 is 19.4 Å². The lowest BCUT2D eigenvalue weighted by atomic mass is 10.1. The van der Waals surface area contributed by atoms with Crippen LogP contribution in [-0.4, -0.2) is 65.3 Å². The van der Waals surface area contributed by atoms with Gasteiger partial charge < -0.3 is 19.5 Å². The molecule has 0 bridgehead atoms. The second kappa shape index (κ2) is 8.68. The van der Waals surface area contributed by atoms with E-state index in [-0.39, 0.29) is 0 Å². The smallest absolute Gasteiger partial charge is 0.344 e. The van der Waals surface area contributed by atoms with Gasteiger partial charge in [0.15, 0.2) is 6.10 Å². The molecule has 1 aliphatic heterocycles. The van der Waals surface area contributed by atoms with Crippen LogP contribution in [0.1, 0.15) is 12.5 Å². The van der Waals surface area contributed by atoms with Gasteiger partial charge in [0.25, 0.3) is 0 Å². The SMILES string of the molecule is COc1ccnc(N2CCN(Cc3ccccc3OC(C)C(=O)O)CC2)n1. The molecule has 1 unspecified atom stereocenters. The summed E-state index contributed by atoms with van der Waals surface area (Å²) in [6, 6.07) is 9.31. The Labute approximate surface area is 158 Å². The summed E-state index contributed by atoms with van der Waals surface area (Å²) in [7, 11) is 1.59. The number of aliphatic carboxylic acids is 1. The molecule has 0 aliphatic carbocycles. The van der Waals surface area contributed by atoms with Gasteiger partial charge in [-0.15, -0.1) is 0 Å². The van der Waals surface area contributed by atoms with Gasteiger partial charge >= 0.3 is 5.97 Å². The van der Waals surface area contributed by atoms with E-state index in [1.54, 1.807) is 19.4 Å². The Morgan fingerprint density at radius 2 is 1.96 bits per heavy atom. The first-order chi connectivity index (χ1) is 13.1. The first kappa shape index (κ1) is 18.9. The topological polar surface area (TPSA) is 88.0 Å². The lowest BCUT2D eigenvalue weighted by Crippen LogP contribution is -2.46. The second-order valence-corrected chi connectivity index (χ2v) is 6.37. The van der Waals surface area contributed by atoms with E-state index in [1.165, 1.54) is 6.92 Å². The van der Waals surface area contributed by atoms with Crippen molar-refractivity contribution in [2.24, 2.45) is 0 Å². The molecule has 3 rings (SSSR count). The number of nitrogens with zero attached hydrogens (tertiary/aromatic N) is 4. The monoisotopic (exact) mass is 372 g/mol. The maximum Gasteiger partial charge on any atom is 0.344 e. The van der Waals surface area contributed by atoms with Crippen LogP contribution < -0.4 is 14.4 Å². The van der Waals surface area contributed by atoms with Crippen LogP contribution in [0.25, 0.3) is 0 Å². The third-order valence-electron chi connectivity index (χ3n) is 4.50. The molecule has 0 spiro atoms. The highest BCUT2D eigenvalue weighted by Crippen LogP contribution is 2.22. The van der Waals surface area contributed by atoms with Crippen molar-refractivity contribution >= 4 is 11.9 Å². The fourth-order valence-electron chi connectivity index (χ4n) is 2.94. The predicted octanol–water partition coefficient (Wildman–Crippen LogP) is 1.66. The Bertz CT molecular complexity index is 778. The fourth-order valence-corrected chi connectivity index (χ4v) is 2.94. The third-order valence-corrected chi connectivity index (χ3v) is 4.50. The summed E-state index contributed by atoms with van der Waals surface area (Å²) in [5, 5.41) is 9.07. The van der Waals surface area contributed by atoms with Crippen LogP contribution in [0, 0.1) is 0 Å². The van der Waals surface area contributed by atoms with Gasteiger partial charge in [0, 0.05) is 50.6 Å². The predicted molar refractivity (Wildman–Crippen MR) is 100 cm³/mol. The second-order valence-electron chi connectivity index (χ2n) is 6.37. The highest BCUT2D eigenvalue weighted by Gasteiger charge is 2.21. The van der Waals surface area contributed by atoms with Crippen molar-refractivity contribution in [2.45, 2.75) is 19.6 Å². The molecular weight excluding hydrogens is 348 g/mol. The number of piperazine rings is 1. The van der Waals surface area contributed by atoms with E-state index in [4.69, 9.17) is 14.6 Å². The van der Waals surface area contributed by atoms with Crippen LogP contribution in [0.2, 0.25) is 0 Å². The number of methoxy groups -OCH3 is 1. The molecule has 1 atom stereocenters. The Kier molecular flexibility index (Phi) is 6.08. The minimum atomic E-state index is -0.975. The van der Waals surface area contributed by atoms with Crippen molar-refractivity contribution in [1.82, 2.24) is 14.9 Å². The molecule has 8 heteroatoms. The number of carbonyl (C=O) groups is 1. The molecule has 8 nitrogen and oxygen atoms in total. The van der Waals surface area contributed by atoms with Gasteiger partial charge in [-0.1, -0.05) is 18.2 Å². The Morgan fingerprint density at radius 1 is 1.22 bits per heavy atom. The van der Waals surface area contributed by atoms with E-state index < -0.39 is 12.1 Å². The molecule has 0 saturated carbocycles. The van der Waals surface area contributed by atoms with Gasteiger partial charge in [-0.05, 0) is 13.0 Å². The summed E-state index contributed by atoms with van der Waals surface area (Å²) in [5.74, 6) is 0.872. The molecule has 0 amide bonds. The summed E-state index contributed by atoms with van der Waals surface area (Å²) < 4.78 is 10.8. The summed E-state index contributed by atoms with van der Waals surface area (Å²) in [4.78, 5) is 24.2. The van der Waals surface area contributed by atoms with Gasteiger partial charge in [0.2, 0.25) is 11.8 Å². The average Bonchev–Trinajstić information content (AvgIpc) is 2.70. The maximum absolute atomic E-state index is 11.1. The van der Waals surface area contributed by atoms with E-state index in [0.717, 1.165) is 31.7 Å². The van der Waals surface area contributed by atoms with E-state index >= 15 is 0 Å². The summed E-state index contributed by atoms with van der Waals surface area (Å²) in [5.41, 5.74) is 0.983. The summed E-state index contributed by atoms with van der Waals surface area (Å²) in [6.45, 7) is 5.55. The van der Waals surface area contributed by atoms with Gasteiger partial charge in [-0.3, -0.25) is 4.90 Å². The molecule has 1 saturated heterocycles. The average molecular weight is 372 g/mol. The summed E-state index contributed by atoms with van der Waals surface area (Å²) >= 11 is 0. The summed E-state index contributed by atoms with van der Waals surface area (Å²) in [6.07, 6.45) is 0.818. The number of hydrogen-bond acceptors (Lipinski definition) is 7. The molecule has 1 aliphatic rings. The van der Waals surface area contributed by atoms with Crippen LogP contribution in [0.5, 0.6) is 11.6 Å². The standard InChI is InChI=1S/C19H24N4O4/c1-14(18(24)25)27-16-6-4-3-5-15(16)13-22-9-11-23(12-10-22)19-20-8-7-17(21-19)26-2/h3-8,14H,9-13H2,1-2H3,(H,24,25). The van der Waals surface area contributed by atoms with Crippen LogP contribution >= 0.6 is 0 Å². The Morgan fingerprint density at radius 3 is 2.67 bits per heavy atom. The fraction of sp³-hybridized carbons (Fsp3) is 0.421. The lowest BCUT2D eigenvalue weighted by molar-refractivity contribution is -0.144. The first-order valence-corrected chi connectivity index (χ1v) is 8.88. The number of hydrogen-bond donors (Lipinski definition) is 1. The highest BCUT2D eigenvalue weighted by atomic mass is 16.5. The number of carboxylic acid groups (broad SMARTS) is 1. The minimum Gasteiger partial charge on any atom is -0.481 e. The molecular formula is C19H24N4O4. The zero-order valence-corrected chi connectivity index (χ0v) is 15.5. The van der Waals surface area contributed by atoms with Gasteiger partial charge in [0.05, 0.1) is 7.11 Å². The number of benzene rings is 1. The van der Waals surface area contributed by atoms with Crippen LogP contribution in [0.3, 0.4) is 0 Å². The zero-order valence-electron chi connectivity index (χ0n) is 15.5. The molecule has 1 fully saturated rings. The minimum absolute atomic E-state index is 0.557. The first-order valence-electron chi connectivity index (χ1n) is 8.88. The lowest BCUT2D eigenvalue weighted by Gasteiger charge is -2.35. The molecule has 2 heterocycles. The maximum atomic E-state index is 11.1. The van der Waals surface area contributed by atoms with Gasteiger partial charge in [-0.25, -0.2) is 9.78 Å². The van der Waals surface area contributed by atoms with Crippen molar-refractivity contribution in [2.75, 3.05) is 38.2 Å². The molecule has 1 aromatic carbocycles. The number of carboxylic acids is 1. The molecule has 27 heavy (non-hydrogen) atoms. The number of ether oxygens (including phenoxy) is 2. The van der Waals surface area contributed by atoms with Crippen LogP contribution in [0.15, 0.2) is 36.5 Å². The molecule has 2 aromatic rings. The number of rotatable bonds is 7. The van der Waals surface area contributed by atoms with Crippen molar-refractivity contribution in [3.8, 4) is 11.6 Å². The van der Waals surface area contributed by atoms with E-state index in [2.05, 4.69) is 19.8 Å². The van der Waals surface area contributed by atoms with Gasteiger partial charge in [0.1, 0.15) is 5.75 Å². The Balaban J connectivity index is 1.60. The Hall–Kier alpha value is -2.87. The third kappa shape index (κ3) is 4.85. The number of anilines is 1. The van der Waals surface area contributed by atoms with E-state index in [1.807, 2.05) is 24.3 Å². The normalized spacial score (nSPS) is 16.0. The van der Waals surface area contributed by atoms with E-state index in [0.29, 0.717) is 24.1 Å². The van der Waals surface area contributed by atoms with Crippen molar-refractivity contribution in [3.05, 3.63) is 42.1 Å². The van der Waals surface area contributed by atoms with Crippen molar-refractivity contribution in [3.63, 3.8) is 0 Å². The van der Waals surface area contributed by atoms with Gasteiger partial charge in [-0.2, -0.15) is 4.98 Å². The highest BCUT2D eigenvalue weighted by molar-refractivity contribution is 5.72. The van der Waals surface area contributed by atoms with Crippen molar-refractivity contribution in [1.29, 1.82) is 0 Å². The van der Waals surface area contributed by atoms with E-state index in [9.17, 15) is 4.79 Å². The quantitative estimate of drug-likeness (QED) is 0.785. The molecule has 0 radical (unpaired) electrons. The largest absolute Gasteiger partial charge is 0.481 e. The van der Waals surface area contributed by atoms with Crippen LogP contribution in [0.4, 0.5) is 5.95 Å². The zero-order chi connectivity index (χ0) is 19.2. The number of para-hydroxylation sites is 1. The van der Waals surface area contributed by atoms with Crippen LogP contribution in [-0.2, 0) is 11.3 Å².